The minimum absolute atomic E-state index is 0.225. The molecule has 1 aromatic heterocycles. The Morgan fingerprint density at radius 1 is 1.00 bits per heavy atom. The average Bonchev–Trinajstić information content (AvgIpc) is 3.03. The largest absolute Gasteiger partial charge is 0.449 e. The fraction of sp³-hybridized carbons (Fsp3) is 0.350. The van der Waals surface area contributed by atoms with Crippen molar-refractivity contribution in [3.05, 3.63) is 66.0 Å². The number of halogens is 3. The summed E-state index contributed by atoms with van der Waals surface area (Å²) in [7, 11) is 0. The van der Waals surface area contributed by atoms with Gasteiger partial charge in [0.15, 0.2) is 0 Å². The van der Waals surface area contributed by atoms with E-state index in [2.05, 4.69) is 22.0 Å². The van der Waals surface area contributed by atoms with Crippen LogP contribution in [-0.4, -0.2) is 27.5 Å². The quantitative estimate of drug-likeness (QED) is 0.664. The molecule has 0 aliphatic carbocycles. The fourth-order valence-electron chi connectivity index (χ4n) is 3.84. The van der Waals surface area contributed by atoms with E-state index < -0.39 is 12.0 Å². The van der Waals surface area contributed by atoms with E-state index in [9.17, 15) is 13.2 Å². The van der Waals surface area contributed by atoms with Crippen molar-refractivity contribution in [2.45, 2.75) is 31.6 Å². The number of alkyl halides is 3. The summed E-state index contributed by atoms with van der Waals surface area (Å²) < 4.78 is 42.2. The summed E-state index contributed by atoms with van der Waals surface area (Å²) in [6, 6.07) is 16.7. The Balaban J connectivity index is 1.66. The highest BCUT2D eigenvalue weighted by atomic mass is 19.4. The van der Waals surface area contributed by atoms with Gasteiger partial charge in [-0.05, 0) is 37.1 Å². The Morgan fingerprint density at radius 2 is 1.73 bits per heavy atom. The number of hydrogen-bond donors (Lipinski definition) is 0. The smallest absolute Gasteiger partial charge is 0.316 e. The second kappa shape index (κ2) is 6.76. The molecule has 1 saturated heterocycles. The molecule has 0 saturated carbocycles. The van der Waals surface area contributed by atoms with Gasteiger partial charge < -0.3 is 4.57 Å². The molecule has 1 aliphatic heterocycles. The van der Waals surface area contributed by atoms with Crippen molar-refractivity contribution in [3.63, 3.8) is 0 Å². The van der Waals surface area contributed by atoms with Gasteiger partial charge in [-0.15, -0.1) is 0 Å². The summed E-state index contributed by atoms with van der Waals surface area (Å²) in [5.41, 5.74) is 2.14. The van der Waals surface area contributed by atoms with Crippen molar-refractivity contribution in [3.8, 4) is 0 Å². The normalized spacial score (nSPS) is 19.1. The molecule has 1 atom stereocenters. The van der Waals surface area contributed by atoms with E-state index in [1.54, 1.807) is 24.3 Å². The molecule has 136 valence electrons. The van der Waals surface area contributed by atoms with Crippen LogP contribution in [-0.2, 0) is 12.7 Å². The molecule has 1 fully saturated rings. The van der Waals surface area contributed by atoms with Crippen LogP contribution in [0.2, 0.25) is 0 Å². The van der Waals surface area contributed by atoms with Gasteiger partial charge in [-0.2, -0.15) is 13.2 Å². The highest BCUT2D eigenvalue weighted by molar-refractivity contribution is 5.76. The zero-order valence-corrected chi connectivity index (χ0v) is 14.3. The summed E-state index contributed by atoms with van der Waals surface area (Å²) in [6.07, 6.45) is -2.85. The minimum atomic E-state index is -4.46. The first-order chi connectivity index (χ1) is 12.5. The third-order valence-corrected chi connectivity index (χ3v) is 4.94. The number of fused-ring (bicyclic) bond motifs is 1. The second-order valence-corrected chi connectivity index (χ2v) is 6.81. The van der Waals surface area contributed by atoms with Gasteiger partial charge in [-0.3, -0.25) is 4.90 Å². The molecule has 4 rings (SSSR count). The van der Waals surface area contributed by atoms with E-state index >= 15 is 0 Å². The molecule has 1 aliphatic rings. The monoisotopic (exact) mass is 359 g/mol. The fourth-order valence-corrected chi connectivity index (χ4v) is 3.84. The van der Waals surface area contributed by atoms with Gasteiger partial charge in [0, 0.05) is 19.1 Å². The number of rotatable bonds is 3. The molecule has 0 amide bonds. The van der Waals surface area contributed by atoms with Crippen LogP contribution in [0.4, 0.5) is 13.2 Å². The van der Waals surface area contributed by atoms with Crippen molar-refractivity contribution < 1.29 is 13.2 Å². The molecule has 6 heteroatoms. The van der Waals surface area contributed by atoms with Crippen LogP contribution < -0.4 is 0 Å². The molecule has 2 heterocycles. The lowest BCUT2D eigenvalue weighted by Crippen LogP contribution is -2.37. The standard InChI is InChI=1S/C20H20F3N3/c21-20(22,23)19-24-17-10-4-5-11-18(17)26(19)16-9-6-12-25(14-16)13-15-7-2-1-3-8-15/h1-5,7-8,10-11,16H,6,9,12-14H2/t16-/m0/s1. The molecule has 26 heavy (non-hydrogen) atoms. The van der Waals surface area contributed by atoms with Crippen molar-refractivity contribution in [2.75, 3.05) is 13.1 Å². The predicted octanol–water partition coefficient (Wildman–Crippen LogP) is 4.89. The van der Waals surface area contributed by atoms with Gasteiger partial charge in [0.1, 0.15) is 0 Å². The lowest BCUT2D eigenvalue weighted by molar-refractivity contribution is -0.148. The maximum absolute atomic E-state index is 13.6. The molecule has 0 N–H and O–H groups in total. The number of imidazole rings is 1. The van der Waals surface area contributed by atoms with E-state index in [1.807, 2.05) is 18.2 Å². The zero-order chi connectivity index (χ0) is 18.1. The van der Waals surface area contributed by atoms with E-state index in [0.29, 0.717) is 17.6 Å². The molecule has 0 bridgehead atoms. The number of nitrogens with zero attached hydrogens (tertiary/aromatic N) is 3. The topological polar surface area (TPSA) is 21.1 Å². The third-order valence-electron chi connectivity index (χ3n) is 4.94. The SMILES string of the molecule is FC(F)(F)c1nc2ccccc2n1[C@H]1CCCN(Cc2ccccc2)C1. The van der Waals surface area contributed by atoms with Crippen molar-refractivity contribution in [1.82, 2.24) is 14.5 Å². The van der Waals surface area contributed by atoms with Gasteiger partial charge in [0.25, 0.3) is 0 Å². The van der Waals surface area contributed by atoms with E-state index in [-0.39, 0.29) is 6.04 Å². The molecule has 0 spiro atoms. The number of aromatic nitrogens is 2. The molecule has 0 unspecified atom stereocenters. The molecule has 2 aromatic carbocycles. The Labute approximate surface area is 150 Å². The second-order valence-electron chi connectivity index (χ2n) is 6.81. The third kappa shape index (κ3) is 3.33. The summed E-state index contributed by atoms with van der Waals surface area (Å²) in [5.74, 6) is -0.787. The molecule has 3 nitrogen and oxygen atoms in total. The summed E-state index contributed by atoms with van der Waals surface area (Å²) >= 11 is 0. The van der Waals surface area contributed by atoms with E-state index in [4.69, 9.17) is 0 Å². The average molecular weight is 359 g/mol. The van der Waals surface area contributed by atoms with Crippen LogP contribution in [0.15, 0.2) is 54.6 Å². The summed E-state index contributed by atoms with van der Waals surface area (Å²) in [5, 5.41) is 0. The molecule has 0 radical (unpaired) electrons. The van der Waals surface area contributed by atoms with Crippen LogP contribution in [0.5, 0.6) is 0 Å². The van der Waals surface area contributed by atoms with Crippen LogP contribution in [0, 0.1) is 0 Å². The number of benzene rings is 2. The summed E-state index contributed by atoms with van der Waals surface area (Å²) in [6.45, 7) is 2.25. The maximum Gasteiger partial charge on any atom is 0.449 e. The van der Waals surface area contributed by atoms with Gasteiger partial charge in [-0.25, -0.2) is 4.98 Å². The van der Waals surface area contributed by atoms with Gasteiger partial charge >= 0.3 is 6.18 Å². The highest BCUT2D eigenvalue weighted by Gasteiger charge is 2.40. The van der Waals surface area contributed by atoms with Crippen molar-refractivity contribution in [1.29, 1.82) is 0 Å². The number of likely N-dealkylation sites (tertiary alicyclic amines) is 1. The Bertz CT molecular complexity index is 886. The van der Waals surface area contributed by atoms with E-state index in [1.165, 1.54) is 10.1 Å². The maximum atomic E-state index is 13.6. The van der Waals surface area contributed by atoms with Crippen LogP contribution in [0.1, 0.15) is 30.3 Å². The highest BCUT2D eigenvalue weighted by Crippen LogP contribution is 2.36. The van der Waals surface area contributed by atoms with Gasteiger partial charge in [0.2, 0.25) is 5.82 Å². The Kier molecular flexibility index (Phi) is 4.44. The zero-order valence-electron chi connectivity index (χ0n) is 14.3. The van der Waals surface area contributed by atoms with Gasteiger partial charge in [-0.1, -0.05) is 42.5 Å². The predicted molar refractivity (Wildman–Crippen MR) is 94.7 cm³/mol. The summed E-state index contributed by atoms with van der Waals surface area (Å²) in [4.78, 5) is 6.12. The number of piperidine rings is 1. The Morgan fingerprint density at radius 3 is 2.50 bits per heavy atom. The lowest BCUT2D eigenvalue weighted by Gasteiger charge is -2.34. The molecule has 3 aromatic rings. The van der Waals surface area contributed by atoms with Crippen LogP contribution >= 0.6 is 0 Å². The van der Waals surface area contributed by atoms with Crippen LogP contribution in [0.3, 0.4) is 0 Å². The number of hydrogen-bond acceptors (Lipinski definition) is 2. The van der Waals surface area contributed by atoms with Crippen molar-refractivity contribution >= 4 is 11.0 Å². The molecular weight excluding hydrogens is 339 g/mol. The lowest BCUT2D eigenvalue weighted by atomic mass is 10.0. The van der Waals surface area contributed by atoms with Crippen molar-refractivity contribution in [2.24, 2.45) is 0 Å². The van der Waals surface area contributed by atoms with Gasteiger partial charge in [0.05, 0.1) is 11.0 Å². The number of para-hydroxylation sites is 2. The first kappa shape index (κ1) is 17.1. The van der Waals surface area contributed by atoms with Crippen LogP contribution in [0.25, 0.3) is 11.0 Å². The Hall–Kier alpha value is -2.34. The first-order valence-corrected chi connectivity index (χ1v) is 8.83. The molecular formula is C20H20F3N3. The minimum Gasteiger partial charge on any atom is -0.316 e. The van der Waals surface area contributed by atoms with E-state index in [0.717, 1.165) is 25.9 Å². The first-order valence-electron chi connectivity index (χ1n) is 8.83.